The van der Waals surface area contributed by atoms with Crippen molar-refractivity contribution in [1.82, 2.24) is 9.88 Å². The second kappa shape index (κ2) is 6.90. The number of piperidine rings is 1. The standard InChI is InChI=1S/C14H20ClN3O2/c1-2-18-5-3-10(4-6-18)8-16-13-7-11(14(19)20)12(15)9-17-13/h7,9-10H,2-6,8H2,1H3,(H,16,17)(H,19,20). The van der Waals surface area contributed by atoms with Crippen LogP contribution < -0.4 is 5.32 Å². The van der Waals surface area contributed by atoms with Crippen molar-refractivity contribution in [3.05, 3.63) is 22.8 Å². The Balaban J connectivity index is 1.88. The van der Waals surface area contributed by atoms with Crippen molar-refractivity contribution in [2.24, 2.45) is 5.92 Å². The monoisotopic (exact) mass is 297 g/mol. The molecule has 0 saturated carbocycles. The molecule has 0 radical (unpaired) electrons. The molecule has 1 aromatic rings. The van der Waals surface area contributed by atoms with Gasteiger partial charge in [0.25, 0.3) is 0 Å². The van der Waals surface area contributed by atoms with Crippen LogP contribution in [-0.4, -0.2) is 47.1 Å². The van der Waals surface area contributed by atoms with E-state index in [2.05, 4.69) is 22.1 Å². The SMILES string of the molecule is CCN1CCC(CNc2cc(C(=O)O)c(Cl)cn2)CC1. The fraction of sp³-hybridized carbons (Fsp3) is 0.571. The zero-order chi connectivity index (χ0) is 14.5. The van der Waals surface area contributed by atoms with Crippen LogP contribution in [0.2, 0.25) is 5.02 Å². The molecule has 0 bridgehead atoms. The Morgan fingerprint density at radius 1 is 1.55 bits per heavy atom. The third-order valence-electron chi connectivity index (χ3n) is 3.81. The lowest BCUT2D eigenvalue weighted by molar-refractivity contribution is 0.0697. The van der Waals surface area contributed by atoms with Crippen LogP contribution in [0, 0.1) is 5.92 Å². The third-order valence-corrected chi connectivity index (χ3v) is 4.11. The summed E-state index contributed by atoms with van der Waals surface area (Å²) in [6.07, 6.45) is 3.72. The number of aromatic nitrogens is 1. The number of likely N-dealkylation sites (tertiary alicyclic amines) is 1. The maximum Gasteiger partial charge on any atom is 0.337 e. The van der Waals surface area contributed by atoms with E-state index in [1.165, 1.54) is 25.1 Å². The van der Waals surface area contributed by atoms with E-state index in [-0.39, 0.29) is 10.6 Å². The first kappa shape index (κ1) is 15.1. The van der Waals surface area contributed by atoms with Crippen LogP contribution in [0.1, 0.15) is 30.1 Å². The van der Waals surface area contributed by atoms with Gasteiger partial charge in [0.2, 0.25) is 0 Å². The molecule has 20 heavy (non-hydrogen) atoms. The number of nitrogens with zero attached hydrogens (tertiary/aromatic N) is 2. The van der Waals surface area contributed by atoms with Crippen LogP contribution in [0.15, 0.2) is 12.3 Å². The summed E-state index contributed by atoms with van der Waals surface area (Å²) >= 11 is 5.80. The number of nitrogens with one attached hydrogen (secondary N) is 1. The van der Waals surface area contributed by atoms with Crippen molar-refractivity contribution in [3.63, 3.8) is 0 Å². The Morgan fingerprint density at radius 3 is 2.85 bits per heavy atom. The smallest absolute Gasteiger partial charge is 0.337 e. The number of rotatable bonds is 5. The molecule has 0 spiro atoms. The normalized spacial score (nSPS) is 17.1. The number of aromatic carboxylic acids is 1. The Kier molecular flexibility index (Phi) is 5.20. The number of carboxylic acids is 1. The molecule has 0 aromatic carbocycles. The van der Waals surface area contributed by atoms with Gasteiger partial charge in [0.1, 0.15) is 5.82 Å². The van der Waals surface area contributed by atoms with Crippen LogP contribution in [0.4, 0.5) is 5.82 Å². The molecule has 0 amide bonds. The molecule has 2 heterocycles. The molecular weight excluding hydrogens is 278 g/mol. The molecule has 5 nitrogen and oxygen atoms in total. The molecule has 1 aromatic heterocycles. The van der Waals surface area contributed by atoms with E-state index in [9.17, 15) is 4.79 Å². The minimum Gasteiger partial charge on any atom is -0.478 e. The van der Waals surface area contributed by atoms with Crippen molar-refractivity contribution in [3.8, 4) is 0 Å². The molecule has 1 aliphatic rings. The predicted octanol–water partition coefficient (Wildman–Crippen LogP) is 2.58. The molecule has 0 aliphatic carbocycles. The number of anilines is 1. The summed E-state index contributed by atoms with van der Waals surface area (Å²) in [6, 6.07) is 1.49. The first-order valence-corrected chi connectivity index (χ1v) is 7.33. The molecule has 1 aliphatic heterocycles. The Labute approximate surface area is 123 Å². The van der Waals surface area contributed by atoms with E-state index in [0.29, 0.717) is 11.7 Å². The molecular formula is C14H20ClN3O2. The van der Waals surface area contributed by atoms with Gasteiger partial charge >= 0.3 is 5.97 Å². The Morgan fingerprint density at radius 2 is 2.25 bits per heavy atom. The predicted molar refractivity (Wildman–Crippen MR) is 79.5 cm³/mol. The van der Waals surface area contributed by atoms with Gasteiger partial charge in [0.05, 0.1) is 10.6 Å². The topological polar surface area (TPSA) is 65.5 Å². The summed E-state index contributed by atoms with van der Waals surface area (Å²) in [5.41, 5.74) is 0.0879. The molecule has 1 saturated heterocycles. The summed E-state index contributed by atoms with van der Waals surface area (Å²) in [5.74, 6) is 0.157. The van der Waals surface area contributed by atoms with Crippen molar-refractivity contribution < 1.29 is 9.90 Å². The Bertz CT molecular complexity index is 473. The van der Waals surface area contributed by atoms with Gasteiger partial charge in [0.15, 0.2) is 0 Å². The van der Waals surface area contributed by atoms with Gasteiger partial charge in [0, 0.05) is 12.7 Å². The number of carboxylic acid groups (broad SMARTS) is 1. The first-order chi connectivity index (χ1) is 9.60. The van der Waals surface area contributed by atoms with Gasteiger partial charge in [-0.1, -0.05) is 18.5 Å². The molecule has 1 fully saturated rings. The van der Waals surface area contributed by atoms with Crippen LogP contribution in [0.5, 0.6) is 0 Å². The maximum absolute atomic E-state index is 11.0. The highest BCUT2D eigenvalue weighted by molar-refractivity contribution is 6.33. The van der Waals surface area contributed by atoms with Gasteiger partial charge in [-0.05, 0) is 44.5 Å². The molecule has 2 N–H and O–H groups in total. The lowest BCUT2D eigenvalue weighted by Crippen LogP contribution is -2.35. The zero-order valence-electron chi connectivity index (χ0n) is 11.6. The van der Waals surface area contributed by atoms with E-state index in [1.807, 2.05) is 0 Å². The highest BCUT2D eigenvalue weighted by Gasteiger charge is 2.18. The molecule has 2 rings (SSSR count). The van der Waals surface area contributed by atoms with Crippen molar-refractivity contribution in [1.29, 1.82) is 0 Å². The zero-order valence-corrected chi connectivity index (χ0v) is 12.4. The Hall–Kier alpha value is -1.33. The molecule has 110 valence electrons. The maximum atomic E-state index is 11.0. The fourth-order valence-corrected chi connectivity index (χ4v) is 2.64. The van der Waals surface area contributed by atoms with E-state index >= 15 is 0 Å². The number of hydrogen-bond acceptors (Lipinski definition) is 4. The minimum absolute atomic E-state index is 0.0879. The van der Waals surface area contributed by atoms with Crippen LogP contribution in [-0.2, 0) is 0 Å². The summed E-state index contributed by atoms with van der Waals surface area (Å²) in [5, 5.41) is 12.4. The second-order valence-electron chi connectivity index (χ2n) is 5.11. The minimum atomic E-state index is -1.03. The third kappa shape index (κ3) is 3.84. The lowest BCUT2D eigenvalue weighted by atomic mass is 9.97. The average Bonchev–Trinajstić information content (AvgIpc) is 2.46. The van der Waals surface area contributed by atoms with Crippen molar-refractivity contribution in [2.75, 3.05) is 31.5 Å². The van der Waals surface area contributed by atoms with Crippen LogP contribution >= 0.6 is 11.6 Å². The summed E-state index contributed by atoms with van der Waals surface area (Å²) in [7, 11) is 0. The van der Waals surface area contributed by atoms with E-state index < -0.39 is 5.97 Å². The van der Waals surface area contributed by atoms with Gasteiger partial charge in [-0.2, -0.15) is 0 Å². The molecule has 6 heteroatoms. The van der Waals surface area contributed by atoms with Crippen LogP contribution in [0.25, 0.3) is 0 Å². The fourth-order valence-electron chi connectivity index (χ4n) is 2.45. The molecule has 0 atom stereocenters. The average molecular weight is 298 g/mol. The highest BCUT2D eigenvalue weighted by Crippen LogP contribution is 2.20. The summed E-state index contributed by atoms with van der Waals surface area (Å²) in [4.78, 5) is 17.6. The van der Waals surface area contributed by atoms with Gasteiger partial charge in [-0.15, -0.1) is 0 Å². The van der Waals surface area contributed by atoms with Crippen LogP contribution in [0.3, 0.4) is 0 Å². The largest absolute Gasteiger partial charge is 0.478 e. The van der Waals surface area contributed by atoms with Crippen molar-refractivity contribution >= 4 is 23.4 Å². The lowest BCUT2D eigenvalue weighted by Gasteiger charge is -2.31. The first-order valence-electron chi connectivity index (χ1n) is 6.95. The van der Waals surface area contributed by atoms with E-state index in [0.717, 1.165) is 26.2 Å². The number of hydrogen-bond donors (Lipinski definition) is 2. The van der Waals surface area contributed by atoms with Gasteiger partial charge in [-0.3, -0.25) is 0 Å². The van der Waals surface area contributed by atoms with Crippen molar-refractivity contribution in [2.45, 2.75) is 19.8 Å². The van der Waals surface area contributed by atoms with E-state index in [4.69, 9.17) is 16.7 Å². The quantitative estimate of drug-likeness (QED) is 0.874. The summed E-state index contributed by atoms with van der Waals surface area (Å²) < 4.78 is 0. The molecule has 0 unspecified atom stereocenters. The van der Waals surface area contributed by atoms with E-state index in [1.54, 1.807) is 0 Å². The van der Waals surface area contributed by atoms with Gasteiger partial charge in [-0.25, -0.2) is 9.78 Å². The number of carbonyl (C=O) groups is 1. The number of pyridine rings is 1. The second-order valence-corrected chi connectivity index (χ2v) is 5.52. The number of halogens is 1. The highest BCUT2D eigenvalue weighted by atomic mass is 35.5. The van der Waals surface area contributed by atoms with Gasteiger partial charge < -0.3 is 15.3 Å². The summed E-state index contributed by atoms with van der Waals surface area (Å²) in [6.45, 7) is 6.39.